The number of nitrogens with one attached hydrogen (secondary N) is 3. The highest BCUT2D eigenvalue weighted by molar-refractivity contribution is 4.98. The van der Waals surface area contributed by atoms with E-state index >= 15 is 0 Å². The summed E-state index contributed by atoms with van der Waals surface area (Å²) in [6, 6.07) is 0.618. The van der Waals surface area contributed by atoms with E-state index in [1.807, 2.05) is 0 Å². The molecule has 0 aliphatic carbocycles. The Balaban J connectivity index is 1.68. The third kappa shape index (κ3) is 4.24. The average Bonchev–Trinajstić information content (AvgIpc) is 2.40. The molecule has 0 unspecified atom stereocenters. The van der Waals surface area contributed by atoms with Crippen molar-refractivity contribution in [3.63, 3.8) is 0 Å². The first-order chi connectivity index (χ1) is 8.75. The number of hydrogen-bond acceptors (Lipinski definition) is 5. The number of hydrogen-bond donors (Lipinski definition) is 3. The predicted octanol–water partition coefficient (Wildman–Crippen LogP) is -0.406. The van der Waals surface area contributed by atoms with Crippen LogP contribution in [-0.4, -0.2) is 68.8 Å². The summed E-state index contributed by atoms with van der Waals surface area (Å²) < 4.78 is 0. The summed E-state index contributed by atoms with van der Waals surface area (Å²) >= 11 is 0. The van der Waals surface area contributed by atoms with Gasteiger partial charge in [-0.25, -0.2) is 5.01 Å². The smallest absolute Gasteiger partial charge is 0.0522 e. The molecule has 2 rings (SSSR count). The third-order valence-corrected chi connectivity index (χ3v) is 3.73. The molecule has 2 saturated heterocycles. The molecular formula is C13H27N5. The van der Waals surface area contributed by atoms with Gasteiger partial charge in [0, 0.05) is 45.0 Å². The van der Waals surface area contributed by atoms with Crippen LogP contribution in [0.2, 0.25) is 0 Å². The lowest BCUT2D eigenvalue weighted by atomic mass is 10.1. The van der Waals surface area contributed by atoms with Crippen LogP contribution in [0.4, 0.5) is 0 Å². The molecule has 0 bridgehead atoms. The van der Waals surface area contributed by atoms with Crippen LogP contribution in [0.1, 0.15) is 12.8 Å². The number of likely N-dealkylation sites (N-methyl/N-ethyl adjacent to an activating group) is 1. The Bertz CT molecular complexity index is 256. The summed E-state index contributed by atoms with van der Waals surface area (Å²) in [5.74, 6) is 0. The molecule has 0 aromatic carbocycles. The Hall–Kier alpha value is -0.620. The Morgan fingerprint density at radius 1 is 1.22 bits per heavy atom. The van der Waals surface area contributed by atoms with E-state index in [9.17, 15) is 0 Å². The fourth-order valence-corrected chi connectivity index (χ4v) is 2.66. The van der Waals surface area contributed by atoms with E-state index in [0.717, 1.165) is 45.8 Å². The monoisotopic (exact) mass is 253 g/mol. The van der Waals surface area contributed by atoms with E-state index < -0.39 is 0 Å². The number of piperidine rings is 1. The summed E-state index contributed by atoms with van der Waals surface area (Å²) in [7, 11) is 2.12. The Kier molecular flexibility index (Phi) is 5.44. The average molecular weight is 253 g/mol. The maximum Gasteiger partial charge on any atom is 0.0522 e. The Morgan fingerprint density at radius 2 is 1.83 bits per heavy atom. The van der Waals surface area contributed by atoms with Gasteiger partial charge in [-0.15, -0.1) is 0 Å². The zero-order chi connectivity index (χ0) is 12.8. The number of nitrogens with zero attached hydrogens (tertiary/aromatic N) is 2. The van der Waals surface area contributed by atoms with Crippen molar-refractivity contribution in [2.75, 3.05) is 52.9 Å². The second-order valence-corrected chi connectivity index (χ2v) is 5.31. The quantitative estimate of drug-likeness (QED) is 0.582. The van der Waals surface area contributed by atoms with Crippen LogP contribution < -0.4 is 16.1 Å². The molecule has 0 spiro atoms. The molecule has 0 atom stereocenters. The van der Waals surface area contributed by atoms with Gasteiger partial charge in [-0.2, -0.15) is 0 Å². The largest absolute Gasteiger partial charge is 0.372 e. The zero-order valence-electron chi connectivity index (χ0n) is 11.5. The molecule has 0 saturated carbocycles. The van der Waals surface area contributed by atoms with Crippen molar-refractivity contribution in [2.24, 2.45) is 0 Å². The molecule has 5 nitrogen and oxygen atoms in total. The van der Waals surface area contributed by atoms with E-state index in [4.69, 9.17) is 0 Å². The summed E-state index contributed by atoms with van der Waals surface area (Å²) in [5, 5.41) is 8.95. The number of rotatable bonds is 5. The molecule has 5 heteroatoms. The van der Waals surface area contributed by atoms with Crippen LogP contribution in [0.5, 0.6) is 0 Å². The van der Waals surface area contributed by atoms with Crippen LogP contribution in [0.3, 0.4) is 0 Å². The molecule has 18 heavy (non-hydrogen) atoms. The third-order valence-electron chi connectivity index (χ3n) is 3.73. The molecular weight excluding hydrogens is 226 g/mol. The van der Waals surface area contributed by atoms with Crippen molar-refractivity contribution in [1.29, 1.82) is 0 Å². The van der Waals surface area contributed by atoms with Gasteiger partial charge >= 0.3 is 0 Å². The maximum atomic E-state index is 4.22. The van der Waals surface area contributed by atoms with Crippen LogP contribution in [0.25, 0.3) is 0 Å². The zero-order valence-corrected chi connectivity index (χ0v) is 11.5. The van der Waals surface area contributed by atoms with Gasteiger partial charge in [0.2, 0.25) is 0 Å². The topological polar surface area (TPSA) is 42.6 Å². The van der Waals surface area contributed by atoms with Crippen LogP contribution in [-0.2, 0) is 0 Å². The minimum Gasteiger partial charge on any atom is -0.372 e. The normalized spacial score (nSPS) is 22.4. The molecule has 104 valence electrons. The van der Waals surface area contributed by atoms with Crippen LogP contribution in [0, 0.1) is 0 Å². The van der Waals surface area contributed by atoms with Crippen LogP contribution >= 0.6 is 0 Å². The fraction of sp³-hybridized carbons (Fsp3) is 0.846. The van der Waals surface area contributed by atoms with Gasteiger partial charge in [0.15, 0.2) is 0 Å². The van der Waals surface area contributed by atoms with E-state index in [-0.39, 0.29) is 0 Å². The Labute approximate surface area is 111 Å². The second kappa shape index (κ2) is 7.09. The van der Waals surface area contributed by atoms with Gasteiger partial charge in [-0.3, -0.25) is 5.43 Å². The first-order valence-electron chi connectivity index (χ1n) is 7.07. The Morgan fingerprint density at radius 3 is 2.50 bits per heavy atom. The highest BCUT2D eigenvalue weighted by Crippen LogP contribution is 2.06. The maximum absolute atomic E-state index is 4.22. The standard InChI is InChI=1S/C13H27N5/c1-12(18-9-7-15-8-10-18)11-17(2)16-13-3-5-14-6-4-13/h13-16H,1,3-11H2,2H3. The molecule has 2 heterocycles. The first-order valence-corrected chi connectivity index (χ1v) is 7.07. The molecule has 3 N–H and O–H groups in total. The van der Waals surface area contributed by atoms with Gasteiger partial charge in [-0.1, -0.05) is 6.58 Å². The lowest BCUT2D eigenvalue weighted by Crippen LogP contribution is -2.50. The van der Waals surface area contributed by atoms with E-state index in [1.54, 1.807) is 0 Å². The predicted molar refractivity (Wildman–Crippen MR) is 75.2 cm³/mol. The van der Waals surface area contributed by atoms with Crippen molar-refractivity contribution in [1.82, 2.24) is 26.0 Å². The second-order valence-electron chi connectivity index (χ2n) is 5.31. The minimum atomic E-state index is 0.618. The number of piperazine rings is 1. The van der Waals surface area contributed by atoms with Crippen molar-refractivity contribution < 1.29 is 0 Å². The molecule has 0 aromatic rings. The lowest BCUT2D eigenvalue weighted by Gasteiger charge is -2.34. The lowest BCUT2D eigenvalue weighted by molar-refractivity contribution is 0.170. The molecule has 0 amide bonds. The molecule has 2 aliphatic heterocycles. The fourth-order valence-electron chi connectivity index (χ4n) is 2.66. The highest BCUT2D eigenvalue weighted by Gasteiger charge is 2.16. The van der Waals surface area contributed by atoms with E-state index in [1.165, 1.54) is 18.5 Å². The summed E-state index contributed by atoms with van der Waals surface area (Å²) in [6.45, 7) is 11.7. The molecule has 0 radical (unpaired) electrons. The van der Waals surface area contributed by atoms with Gasteiger partial charge in [-0.05, 0) is 25.9 Å². The molecule has 0 aromatic heterocycles. The van der Waals surface area contributed by atoms with Crippen LogP contribution in [0.15, 0.2) is 12.3 Å². The van der Waals surface area contributed by atoms with Crippen molar-refractivity contribution >= 4 is 0 Å². The van der Waals surface area contributed by atoms with Crippen molar-refractivity contribution in [3.8, 4) is 0 Å². The van der Waals surface area contributed by atoms with Gasteiger partial charge in [0.25, 0.3) is 0 Å². The summed E-state index contributed by atoms with van der Waals surface area (Å²) in [4.78, 5) is 2.39. The summed E-state index contributed by atoms with van der Waals surface area (Å²) in [6.07, 6.45) is 2.43. The highest BCUT2D eigenvalue weighted by atomic mass is 15.5. The van der Waals surface area contributed by atoms with Gasteiger partial charge in [0.05, 0.1) is 6.54 Å². The summed E-state index contributed by atoms with van der Waals surface area (Å²) in [5.41, 5.74) is 4.80. The SMILES string of the molecule is C=C(CN(C)NC1CCNCC1)N1CCNCC1. The molecule has 2 aliphatic rings. The first kappa shape index (κ1) is 13.8. The van der Waals surface area contributed by atoms with E-state index in [2.05, 4.69) is 39.6 Å². The molecule has 2 fully saturated rings. The van der Waals surface area contributed by atoms with Gasteiger partial charge < -0.3 is 15.5 Å². The van der Waals surface area contributed by atoms with Gasteiger partial charge in [0.1, 0.15) is 0 Å². The van der Waals surface area contributed by atoms with E-state index in [0.29, 0.717) is 6.04 Å². The van der Waals surface area contributed by atoms with Crippen molar-refractivity contribution in [3.05, 3.63) is 12.3 Å². The van der Waals surface area contributed by atoms with Crippen molar-refractivity contribution in [2.45, 2.75) is 18.9 Å². The minimum absolute atomic E-state index is 0.618. The number of hydrazine groups is 1.